The third-order valence-corrected chi connectivity index (χ3v) is 4.24. The van der Waals surface area contributed by atoms with E-state index < -0.39 is 0 Å². The van der Waals surface area contributed by atoms with Crippen LogP contribution in [0.1, 0.15) is 27.6 Å². The van der Waals surface area contributed by atoms with Crippen molar-refractivity contribution in [2.24, 2.45) is 0 Å². The van der Waals surface area contributed by atoms with E-state index in [1.165, 1.54) is 16.7 Å². The average Bonchev–Trinajstić information content (AvgIpc) is 2.49. The van der Waals surface area contributed by atoms with Crippen LogP contribution in [0.2, 0.25) is 0 Å². The second-order valence-electron chi connectivity index (χ2n) is 5.15. The monoisotopic (exact) mass is 304 g/mol. The Kier molecular flexibility index (Phi) is 5.13. The Hall–Kier alpha value is -1.67. The third kappa shape index (κ3) is 3.51. The number of benzene rings is 2. The smallest absolute Gasteiger partial charge is 0.160 e. The van der Waals surface area contributed by atoms with Gasteiger partial charge in [-0.3, -0.25) is 0 Å². The second kappa shape index (κ2) is 6.86. The Labute approximate surface area is 131 Å². The normalized spacial score (nSPS) is 12.0. The minimum atomic E-state index is -0.0528. The average molecular weight is 305 g/mol. The van der Waals surface area contributed by atoms with E-state index in [4.69, 9.17) is 21.1 Å². The molecule has 21 heavy (non-hydrogen) atoms. The highest BCUT2D eigenvalue weighted by Gasteiger charge is 2.14. The van der Waals surface area contributed by atoms with Gasteiger partial charge in [0.25, 0.3) is 0 Å². The van der Waals surface area contributed by atoms with E-state index in [1.807, 2.05) is 18.2 Å². The van der Waals surface area contributed by atoms with Crippen LogP contribution in [-0.4, -0.2) is 14.2 Å². The minimum absolute atomic E-state index is 0.0528. The van der Waals surface area contributed by atoms with Crippen LogP contribution in [0.3, 0.4) is 0 Å². The van der Waals surface area contributed by atoms with Gasteiger partial charge in [-0.25, -0.2) is 0 Å². The molecule has 0 bridgehead atoms. The first-order chi connectivity index (χ1) is 10.1. The Bertz CT molecular complexity index is 623. The van der Waals surface area contributed by atoms with Gasteiger partial charge >= 0.3 is 0 Å². The number of hydrogen-bond donors (Lipinski definition) is 0. The predicted molar refractivity (Wildman–Crippen MR) is 87.8 cm³/mol. The first-order valence-electron chi connectivity index (χ1n) is 6.98. The zero-order chi connectivity index (χ0) is 15.4. The van der Waals surface area contributed by atoms with Crippen molar-refractivity contribution in [1.82, 2.24) is 0 Å². The van der Waals surface area contributed by atoms with Crippen LogP contribution < -0.4 is 9.47 Å². The maximum Gasteiger partial charge on any atom is 0.160 e. The standard InChI is InChI=1S/C18H21ClO2/c1-12-6-5-7-15(13(12)2)16(19)10-14-8-9-17(20-3)18(11-14)21-4/h5-9,11,16H,10H2,1-4H3. The van der Waals surface area contributed by atoms with Crippen LogP contribution in [-0.2, 0) is 6.42 Å². The summed E-state index contributed by atoms with van der Waals surface area (Å²) in [4.78, 5) is 0. The molecular weight excluding hydrogens is 284 g/mol. The summed E-state index contributed by atoms with van der Waals surface area (Å²) in [6, 6.07) is 12.2. The summed E-state index contributed by atoms with van der Waals surface area (Å²) in [5.74, 6) is 1.47. The van der Waals surface area contributed by atoms with Gasteiger partial charge in [0.2, 0.25) is 0 Å². The summed E-state index contributed by atoms with van der Waals surface area (Å²) in [5.41, 5.74) is 4.85. The van der Waals surface area contributed by atoms with Crippen LogP contribution in [0.15, 0.2) is 36.4 Å². The number of alkyl halides is 1. The Morgan fingerprint density at radius 3 is 2.38 bits per heavy atom. The molecule has 0 aliphatic carbocycles. The lowest BCUT2D eigenvalue weighted by molar-refractivity contribution is 0.354. The summed E-state index contributed by atoms with van der Waals surface area (Å²) in [6.45, 7) is 4.23. The number of aryl methyl sites for hydroxylation is 1. The molecule has 0 amide bonds. The van der Waals surface area contributed by atoms with Gasteiger partial charge in [0, 0.05) is 0 Å². The molecule has 0 radical (unpaired) electrons. The molecule has 0 spiro atoms. The largest absolute Gasteiger partial charge is 0.493 e. The van der Waals surface area contributed by atoms with E-state index in [0.717, 1.165) is 23.5 Å². The van der Waals surface area contributed by atoms with E-state index in [9.17, 15) is 0 Å². The third-order valence-electron chi connectivity index (χ3n) is 3.85. The highest BCUT2D eigenvalue weighted by atomic mass is 35.5. The quantitative estimate of drug-likeness (QED) is 0.736. The van der Waals surface area contributed by atoms with Crippen LogP contribution >= 0.6 is 11.6 Å². The molecule has 0 N–H and O–H groups in total. The minimum Gasteiger partial charge on any atom is -0.493 e. The molecule has 112 valence electrons. The molecule has 2 nitrogen and oxygen atoms in total. The molecule has 2 aromatic carbocycles. The van der Waals surface area contributed by atoms with Gasteiger partial charge in [-0.1, -0.05) is 24.3 Å². The summed E-state index contributed by atoms with van der Waals surface area (Å²) in [6.07, 6.45) is 0.756. The van der Waals surface area contributed by atoms with E-state index >= 15 is 0 Å². The van der Waals surface area contributed by atoms with Gasteiger partial charge in [0.15, 0.2) is 11.5 Å². The number of methoxy groups -OCH3 is 2. The molecule has 2 rings (SSSR count). The van der Waals surface area contributed by atoms with Crippen LogP contribution in [0.5, 0.6) is 11.5 Å². The van der Waals surface area contributed by atoms with Gasteiger partial charge in [0.05, 0.1) is 19.6 Å². The maximum atomic E-state index is 6.62. The van der Waals surface area contributed by atoms with Crippen molar-refractivity contribution < 1.29 is 9.47 Å². The van der Waals surface area contributed by atoms with Crippen molar-refractivity contribution in [1.29, 1.82) is 0 Å². The fourth-order valence-corrected chi connectivity index (χ4v) is 2.85. The van der Waals surface area contributed by atoms with Gasteiger partial charge < -0.3 is 9.47 Å². The van der Waals surface area contributed by atoms with Crippen molar-refractivity contribution in [3.8, 4) is 11.5 Å². The molecule has 0 saturated heterocycles. The predicted octanol–water partition coefficient (Wildman–Crippen LogP) is 4.84. The van der Waals surface area contributed by atoms with E-state index in [-0.39, 0.29) is 5.38 Å². The fraction of sp³-hybridized carbons (Fsp3) is 0.333. The van der Waals surface area contributed by atoms with Crippen molar-refractivity contribution in [3.05, 3.63) is 58.7 Å². The van der Waals surface area contributed by atoms with Crippen LogP contribution in [0, 0.1) is 13.8 Å². The zero-order valence-corrected chi connectivity index (χ0v) is 13.7. The van der Waals surface area contributed by atoms with E-state index in [0.29, 0.717) is 0 Å². The van der Waals surface area contributed by atoms with Gasteiger partial charge in [0.1, 0.15) is 0 Å². The second-order valence-corrected chi connectivity index (χ2v) is 5.68. The van der Waals surface area contributed by atoms with Crippen molar-refractivity contribution in [2.45, 2.75) is 25.6 Å². The highest BCUT2D eigenvalue weighted by Crippen LogP contribution is 2.33. The lowest BCUT2D eigenvalue weighted by Gasteiger charge is -2.16. The molecule has 3 heteroatoms. The van der Waals surface area contributed by atoms with Gasteiger partial charge in [-0.05, 0) is 54.7 Å². The number of ether oxygens (including phenoxy) is 2. The molecule has 0 fully saturated rings. The highest BCUT2D eigenvalue weighted by molar-refractivity contribution is 6.21. The summed E-state index contributed by atoms with van der Waals surface area (Å²) in [5, 5.41) is -0.0528. The van der Waals surface area contributed by atoms with Crippen molar-refractivity contribution in [3.63, 3.8) is 0 Å². The summed E-state index contributed by atoms with van der Waals surface area (Å²) in [7, 11) is 3.28. The number of halogens is 1. The molecule has 0 aromatic heterocycles. The lowest BCUT2D eigenvalue weighted by Crippen LogP contribution is -2.00. The molecule has 0 heterocycles. The van der Waals surface area contributed by atoms with E-state index in [1.54, 1.807) is 14.2 Å². The number of hydrogen-bond acceptors (Lipinski definition) is 2. The van der Waals surface area contributed by atoms with Crippen molar-refractivity contribution in [2.75, 3.05) is 14.2 Å². The molecule has 0 aliphatic heterocycles. The van der Waals surface area contributed by atoms with Crippen molar-refractivity contribution >= 4 is 11.6 Å². The summed E-state index contributed by atoms with van der Waals surface area (Å²) < 4.78 is 10.6. The molecule has 0 aliphatic rings. The van der Waals surface area contributed by atoms with E-state index in [2.05, 4.69) is 32.0 Å². The Morgan fingerprint density at radius 2 is 1.71 bits per heavy atom. The topological polar surface area (TPSA) is 18.5 Å². The first kappa shape index (κ1) is 15.7. The molecule has 1 unspecified atom stereocenters. The molecule has 0 saturated carbocycles. The first-order valence-corrected chi connectivity index (χ1v) is 7.41. The SMILES string of the molecule is COc1ccc(CC(Cl)c2cccc(C)c2C)cc1OC. The Balaban J connectivity index is 2.23. The maximum absolute atomic E-state index is 6.62. The molecular formula is C18H21ClO2. The molecule has 1 atom stereocenters. The van der Waals surface area contributed by atoms with Crippen LogP contribution in [0.25, 0.3) is 0 Å². The zero-order valence-electron chi connectivity index (χ0n) is 12.9. The fourth-order valence-electron chi connectivity index (χ4n) is 2.44. The number of rotatable bonds is 5. The van der Waals surface area contributed by atoms with Gasteiger partial charge in [-0.2, -0.15) is 0 Å². The van der Waals surface area contributed by atoms with Crippen LogP contribution in [0.4, 0.5) is 0 Å². The lowest BCUT2D eigenvalue weighted by atomic mass is 9.97. The van der Waals surface area contributed by atoms with Gasteiger partial charge in [-0.15, -0.1) is 11.6 Å². The molecule has 2 aromatic rings. The Morgan fingerprint density at radius 1 is 1.00 bits per heavy atom. The summed E-state index contributed by atoms with van der Waals surface area (Å²) >= 11 is 6.62.